The molecule has 104 valence electrons. The zero-order valence-corrected chi connectivity index (χ0v) is 11.3. The van der Waals surface area contributed by atoms with Gasteiger partial charge < -0.3 is 19.1 Å². The summed E-state index contributed by atoms with van der Waals surface area (Å²) >= 11 is 0. The van der Waals surface area contributed by atoms with Gasteiger partial charge in [0.25, 0.3) is 0 Å². The van der Waals surface area contributed by atoms with E-state index in [9.17, 15) is 0 Å². The Labute approximate surface area is 112 Å². The smallest absolute Gasteiger partial charge is 0.246 e. The van der Waals surface area contributed by atoms with Gasteiger partial charge in [-0.05, 0) is 0 Å². The standard InChI is InChI=1S/C12H19N5O2/c1-3-10-15-12(19-16-10)9-17-6-4-14-11(17)8-13-5-7-18-2/h4,6,13H,3,5,7-9H2,1-2H3. The Kier molecular flexibility index (Phi) is 5.05. The van der Waals surface area contributed by atoms with Crippen LogP contribution in [0.15, 0.2) is 16.9 Å². The van der Waals surface area contributed by atoms with Crippen molar-refractivity contribution < 1.29 is 9.26 Å². The highest BCUT2D eigenvalue weighted by Gasteiger charge is 2.08. The Morgan fingerprint density at radius 3 is 3.11 bits per heavy atom. The van der Waals surface area contributed by atoms with E-state index in [1.165, 1.54) is 0 Å². The molecule has 1 N–H and O–H groups in total. The Morgan fingerprint density at radius 2 is 2.37 bits per heavy atom. The lowest BCUT2D eigenvalue weighted by Crippen LogP contribution is -2.21. The van der Waals surface area contributed by atoms with E-state index in [0.717, 1.165) is 24.6 Å². The molecule has 0 bridgehead atoms. The molecule has 2 heterocycles. The SMILES string of the molecule is CCc1noc(Cn2ccnc2CNCCOC)n1. The maximum atomic E-state index is 5.18. The van der Waals surface area contributed by atoms with Gasteiger partial charge in [-0.3, -0.25) is 0 Å². The molecular formula is C12H19N5O2. The lowest BCUT2D eigenvalue weighted by molar-refractivity contribution is 0.199. The largest absolute Gasteiger partial charge is 0.383 e. The third kappa shape index (κ3) is 3.87. The molecule has 0 fully saturated rings. The van der Waals surface area contributed by atoms with Crippen molar-refractivity contribution in [2.75, 3.05) is 20.3 Å². The average molecular weight is 265 g/mol. The van der Waals surface area contributed by atoms with E-state index in [1.807, 2.05) is 17.7 Å². The van der Waals surface area contributed by atoms with Gasteiger partial charge in [-0.1, -0.05) is 12.1 Å². The van der Waals surface area contributed by atoms with Crippen LogP contribution in [0, 0.1) is 0 Å². The van der Waals surface area contributed by atoms with Gasteiger partial charge in [0.1, 0.15) is 12.4 Å². The summed E-state index contributed by atoms with van der Waals surface area (Å²) in [5.41, 5.74) is 0. The zero-order valence-electron chi connectivity index (χ0n) is 11.3. The first-order valence-corrected chi connectivity index (χ1v) is 6.34. The van der Waals surface area contributed by atoms with Gasteiger partial charge in [0.05, 0.1) is 13.2 Å². The minimum absolute atomic E-state index is 0.550. The van der Waals surface area contributed by atoms with Crippen LogP contribution < -0.4 is 5.32 Å². The Hall–Kier alpha value is -1.73. The number of aromatic nitrogens is 4. The molecule has 2 rings (SSSR count). The molecule has 0 spiro atoms. The number of methoxy groups -OCH3 is 1. The quantitative estimate of drug-likeness (QED) is 0.705. The lowest BCUT2D eigenvalue weighted by atomic mass is 10.4. The predicted molar refractivity (Wildman–Crippen MR) is 68.6 cm³/mol. The molecule has 0 atom stereocenters. The third-order valence-electron chi connectivity index (χ3n) is 2.70. The first-order chi connectivity index (χ1) is 9.33. The molecule has 0 radical (unpaired) electrons. The van der Waals surface area contributed by atoms with Crippen LogP contribution in [-0.4, -0.2) is 40.0 Å². The molecule has 0 aliphatic rings. The van der Waals surface area contributed by atoms with Gasteiger partial charge in [-0.15, -0.1) is 0 Å². The molecule has 19 heavy (non-hydrogen) atoms. The summed E-state index contributed by atoms with van der Waals surface area (Å²) in [5.74, 6) is 2.27. The van der Waals surface area contributed by atoms with Crippen molar-refractivity contribution in [2.24, 2.45) is 0 Å². The van der Waals surface area contributed by atoms with Crippen LogP contribution in [-0.2, 0) is 24.2 Å². The zero-order chi connectivity index (χ0) is 13.5. The van der Waals surface area contributed by atoms with Crippen molar-refractivity contribution in [2.45, 2.75) is 26.4 Å². The van der Waals surface area contributed by atoms with E-state index in [0.29, 0.717) is 25.6 Å². The van der Waals surface area contributed by atoms with Crippen molar-refractivity contribution >= 4 is 0 Å². The van der Waals surface area contributed by atoms with Crippen molar-refractivity contribution in [3.63, 3.8) is 0 Å². The van der Waals surface area contributed by atoms with Crippen LogP contribution in [0.5, 0.6) is 0 Å². The summed E-state index contributed by atoms with van der Waals surface area (Å²) in [6.07, 6.45) is 4.45. The third-order valence-corrected chi connectivity index (χ3v) is 2.70. The van der Waals surface area contributed by atoms with Gasteiger partial charge >= 0.3 is 0 Å². The molecule has 0 aromatic carbocycles. The fourth-order valence-corrected chi connectivity index (χ4v) is 1.67. The van der Waals surface area contributed by atoms with Crippen LogP contribution in [0.2, 0.25) is 0 Å². The van der Waals surface area contributed by atoms with Crippen molar-refractivity contribution in [3.05, 3.63) is 29.9 Å². The maximum absolute atomic E-state index is 5.18. The van der Waals surface area contributed by atoms with E-state index in [2.05, 4.69) is 20.4 Å². The molecule has 0 aliphatic heterocycles. The number of hydrogen-bond acceptors (Lipinski definition) is 6. The highest BCUT2D eigenvalue weighted by molar-refractivity contribution is 4.96. The fourth-order valence-electron chi connectivity index (χ4n) is 1.67. The molecule has 0 unspecified atom stereocenters. The molecule has 2 aromatic heterocycles. The second-order valence-electron chi connectivity index (χ2n) is 4.10. The fraction of sp³-hybridized carbons (Fsp3) is 0.583. The number of imidazole rings is 1. The monoisotopic (exact) mass is 265 g/mol. The van der Waals surface area contributed by atoms with E-state index in [-0.39, 0.29) is 0 Å². The number of nitrogens with one attached hydrogen (secondary N) is 1. The van der Waals surface area contributed by atoms with E-state index < -0.39 is 0 Å². The summed E-state index contributed by atoms with van der Waals surface area (Å²) in [4.78, 5) is 8.59. The second kappa shape index (κ2) is 7.01. The number of aryl methyl sites for hydroxylation is 1. The Bertz CT molecular complexity index is 494. The number of hydrogen-bond donors (Lipinski definition) is 1. The van der Waals surface area contributed by atoms with Gasteiger partial charge in [0.2, 0.25) is 5.89 Å². The van der Waals surface area contributed by atoms with Gasteiger partial charge in [-0.2, -0.15) is 4.98 Å². The second-order valence-corrected chi connectivity index (χ2v) is 4.10. The molecule has 0 amide bonds. The van der Waals surface area contributed by atoms with Crippen molar-refractivity contribution in [1.82, 2.24) is 25.0 Å². The van der Waals surface area contributed by atoms with Crippen LogP contribution in [0.1, 0.15) is 24.5 Å². The average Bonchev–Trinajstić information content (AvgIpc) is 3.05. The van der Waals surface area contributed by atoms with Gasteiger partial charge in [0.15, 0.2) is 5.82 Å². The normalized spacial score (nSPS) is 11.1. The summed E-state index contributed by atoms with van der Waals surface area (Å²) in [6.45, 7) is 4.71. The van der Waals surface area contributed by atoms with E-state index in [1.54, 1.807) is 13.3 Å². The number of rotatable bonds is 8. The molecule has 0 saturated carbocycles. The Morgan fingerprint density at radius 1 is 1.47 bits per heavy atom. The first-order valence-electron chi connectivity index (χ1n) is 6.34. The summed E-state index contributed by atoms with van der Waals surface area (Å²) < 4.78 is 12.1. The topological polar surface area (TPSA) is 78.0 Å². The number of ether oxygens (including phenoxy) is 1. The highest BCUT2D eigenvalue weighted by Crippen LogP contribution is 2.04. The van der Waals surface area contributed by atoms with E-state index in [4.69, 9.17) is 9.26 Å². The molecule has 2 aromatic rings. The van der Waals surface area contributed by atoms with Crippen LogP contribution in [0.3, 0.4) is 0 Å². The molecular weight excluding hydrogens is 246 g/mol. The Balaban J connectivity index is 1.91. The molecule has 0 saturated heterocycles. The van der Waals surface area contributed by atoms with Crippen LogP contribution >= 0.6 is 0 Å². The summed E-state index contributed by atoms with van der Waals surface area (Å²) in [6, 6.07) is 0. The predicted octanol–water partition coefficient (Wildman–Crippen LogP) is 0.613. The summed E-state index contributed by atoms with van der Waals surface area (Å²) in [5, 5.41) is 7.14. The van der Waals surface area contributed by atoms with Crippen LogP contribution in [0.4, 0.5) is 0 Å². The minimum Gasteiger partial charge on any atom is -0.383 e. The number of nitrogens with zero attached hydrogens (tertiary/aromatic N) is 4. The first kappa shape index (κ1) is 13.7. The van der Waals surface area contributed by atoms with E-state index >= 15 is 0 Å². The lowest BCUT2D eigenvalue weighted by Gasteiger charge is -2.06. The maximum Gasteiger partial charge on any atom is 0.246 e. The molecule has 0 aliphatic carbocycles. The molecule has 7 heteroatoms. The van der Waals surface area contributed by atoms with Gasteiger partial charge in [-0.25, -0.2) is 4.98 Å². The van der Waals surface area contributed by atoms with Crippen molar-refractivity contribution in [3.8, 4) is 0 Å². The van der Waals surface area contributed by atoms with Gasteiger partial charge in [0, 0.05) is 32.5 Å². The molecule has 7 nitrogen and oxygen atoms in total. The highest BCUT2D eigenvalue weighted by atomic mass is 16.5. The van der Waals surface area contributed by atoms with Crippen molar-refractivity contribution in [1.29, 1.82) is 0 Å². The minimum atomic E-state index is 0.550. The van der Waals surface area contributed by atoms with Crippen LogP contribution in [0.25, 0.3) is 0 Å². The summed E-state index contributed by atoms with van der Waals surface area (Å²) in [7, 11) is 1.68.